The Bertz CT molecular complexity index is 1290. The summed E-state index contributed by atoms with van der Waals surface area (Å²) >= 11 is 0. The molecule has 3 aromatic rings. The number of amides is 1. The lowest BCUT2D eigenvalue weighted by Gasteiger charge is -2.43. The van der Waals surface area contributed by atoms with Gasteiger partial charge in [-0.25, -0.2) is 4.98 Å². The van der Waals surface area contributed by atoms with Gasteiger partial charge in [0.1, 0.15) is 11.4 Å². The third kappa shape index (κ3) is 4.31. The molecular formula is C30H38N4O2. The van der Waals surface area contributed by atoms with Crippen molar-refractivity contribution in [2.45, 2.75) is 66.3 Å². The molecule has 1 atom stereocenters. The van der Waals surface area contributed by atoms with Crippen molar-refractivity contribution in [3.63, 3.8) is 0 Å². The molecule has 1 amide bonds. The number of ketones is 1. The quantitative estimate of drug-likeness (QED) is 0.451. The second-order valence-corrected chi connectivity index (χ2v) is 11.9. The van der Waals surface area contributed by atoms with Gasteiger partial charge in [-0.2, -0.15) is 0 Å². The van der Waals surface area contributed by atoms with Crippen LogP contribution in [0.4, 0.5) is 11.4 Å². The fraction of sp³-hybridized carbons (Fsp3) is 0.500. The van der Waals surface area contributed by atoms with Crippen molar-refractivity contribution in [3.05, 3.63) is 59.5 Å². The zero-order valence-electron chi connectivity index (χ0n) is 22.4. The number of anilines is 2. The molecule has 0 unspecified atom stereocenters. The van der Waals surface area contributed by atoms with Crippen LogP contribution < -0.4 is 4.90 Å². The van der Waals surface area contributed by atoms with Crippen LogP contribution in [0, 0.1) is 24.2 Å². The molecule has 1 aromatic carbocycles. The molecular weight excluding hydrogens is 448 g/mol. The normalized spacial score (nSPS) is 20.6. The van der Waals surface area contributed by atoms with Crippen LogP contribution in [0.3, 0.4) is 0 Å². The first-order valence-electron chi connectivity index (χ1n) is 13.2. The van der Waals surface area contributed by atoms with Gasteiger partial charge in [0.15, 0.2) is 0 Å². The van der Waals surface area contributed by atoms with Crippen molar-refractivity contribution in [1.82, 2.24) is 14.3 Å². The number of hydrogen-bond acceptors (Lipinski definition) is 4. The predicted molar refractivity (Wildman–Crippen MR) is 144 cm³/mol. The standard InChI is InChI=1S/C30H38N4O2/c1-19-14-27-31-17-26-25(34(27)18-19)8-7-13-33(26)24-11-9-21(10-12-24)28(30(3,4)5)32(6)29(36)23-15-22(16-23)20(2)35/h9-12,14,17-18,22-23,28H,7-8,13,15-16H2,1-6H3/t22?,23?,28-/m0/s1. The predicted octanol–water partition coefficient (Wildman–Crippen LogP) is 5.89. The molecule has 1 saturated carbocycles. The summed E-state index contributed by atoms with van der Waals surface area (Å²) in [4.78, 5) is 34.0. The second kappa shape index (κ2) is 9.06. The molecule has 1 aliphatic heterocycles. The Balaban J connectivity index is 1.40. The molecule has 0 radical (unpaired) electrons. The summed E-state index contributed by atoms with van der Waals surface area (Å²) in [6.07, 6.45) is 7.69. The van der Waals surface area contributed by atoms with Gasteiger partial charge in [0.25, 0.3) is 0 Å². The van der Waals surface area contributed by atoms with E-state index in [2.05, 4.69) is 73.5 Å². The Morgan fingerprint density at radius 2 is 1.81 bits per heavy atom. The first-order chi connectivity index (χ1) is 17.0. The first kappa shape index (κ1) is 24.5. The summed E-state index contributed by atoms with van der Waals surface area (Å²) in [7, 11) is 1.92. The number of rotatable bonds is 5. The summed E-state index contributed by atoms with van der Waals surface area (Å²) < 4.78 is 2.23. The maximum atomic E-state index is 13.3. The largest absolute Gasteiger partial charge is 0.339 e. The Labute approximate surface area is 214 Å². The minimum atomic E-state index is -0.130. The van der Waals surface area contributed by atoms with E-state index in [0.29, 0.717) is 12.8 Å². The Morgan fingerprint density at radius 3 is 2.44 bits per heavy atom. The summed E-state index contributed by atoms with van der Waals surface area (Å²) in [5, 5.41) is 0. The molecule has 36 heavy (non-hydrogen) atoms. The molecule has 2 aliphatic rings. The fourth-order valence-electron chi connectivity index (χ4n) is 6.20. The van der Waals surface area contributed by atoms with Crippen LogP contribution in [0.25, 0.3) is 5.65 Å². The van der Waals surface area contributed by atoms with E-state index in [4.69, 9.17) is 4.98 Å². The van der Waals surface area contributed by atoms with Crippen molar-refractivity contribution >= 4 is 28.7 Å². The molecule has 0 saturated heterocycles. The number of aromatic nitrogens is 2. The zero-order chi connectivity index (χ0) is 25.8. The van der Waals surface area contributed by atoms with Crippen LogP contribution in [0.2, 0.25) is 0 Å². The molecule has 0 N–H and O–H groups in total. The zero-order valence-corrected chi connectivity index (χ0v) is 22.4. The summed E-state index contributed by atoms with van der Waals surface area (Å²) in [5.74, 6) is 0.364. The SMILES string of the molecule is CC(=O)C1CC(C(=O)N(C)[C@@H](c2ccc(N3CCCc4c3cnc3cc(C)cn43)cc2)C(C)(C)C)C1. The van der Waals surface area contributed by atoms with Crippen molar-refractivity contribution in [2.75, 3.05) is 18.5 Å². The highest BCUT2D eigenvalue weighted by molar-refractivity contribution is 5.85. The van der Waals surface area contributed by atoms with Gasteiger partial charge in [-0.05, 0) is 74.3 Å². The summed E-state index contributed by atoms with van der Waals surface area (Å²) in [5.41, 5.74) is 6.86. The molecule has 3 heterocycles. The summed E-state index contributed by atoms with van der Waals surface area (Å²) in [6, 6.07) is 10.8. The van der Waals surface area contributed by atoms with Gasteiger partial charge in [-0.15, -0.1) is 0 Å². The molecule has 5 rings (SSSR count). The molecule has 190 valence electrons. The van der Waals surface area contributed by atoms with E-state index in [0.717, 1.165) is 36.3 Å². The Hall–Kier alpha value is -3.15. The molecule has 6 nitrogen and oxygen atoms in total. The average molecular weight is 487 g/mol. The van der Waals surface area contributed by atoms with E-state index in [1.165, 1.54) is 16.9 Å². The number of Topliss-reactive ketones (excluding diaryl/α,β-unsaturated/α-hetero) is 1. The monoisotopic (exact) mass is 486 g/mol. The van der Waals surface area contributed by atoms with Gasteiger partial charge in [-0.1, -0.05) is 32.9 Å². The Morgan fingerprint density at radius 1 is 1.11 bits per heavy atom. The maximum Gasteiger partial charge on any atom is 0.226 e. The Kier molecular flexibility index (Phi) is 6.17. The highest BCUT2D eigenvalue weighted by Crippen LogP contribution is 2.42. The molecule has 1 aliphatic carbocycles. The van der Waals surface area contributed by atoms with Crippen molar-refractivity contribution < 1.29 is 9.59 Å². The van der Waals surface area contributed by atoms with Gasteiger partial charge >= 0.3 is 0 Å². The van der Waals surface area contributed by atoms with Crippen LogP contribution >= 0.6 is 0 Å². The number of carbonyl (C=O) groups excluding carboxylic acids is 2. The molecule has 2 aromatic heterocycles. The molecule has 1 fully saturated rings. The lowest BCUT2D eigenvalue weighted by atomic mass is 9.71. The van der Waals surface area contributed by atoms with Crippen LogP contribution in [0.5, 0.6) is 0 Å². The second-order valence-electron chi connectivity index (χ2n) is 11.9. The number of benzene rings is 1. The van der Waals surface area contributed by atoms with Gasteiger partial charge in [-0.3, -0.25) is 9.59 Å². The van der Waals surface area contributed by atoms with Crippen molar-refractivity contribution in [2.24, 2.45) is 17.3 Å². The van der Waals surface area contributed by atoms with Crippen molar-refractivity contribution in [1.29, 1.82) is 0 Å². The topological polar surface area (TPSA) is 57.9 Å². The maximum absolute atomic E-state index is 13.3. The highest BCUT2D eigenvalue weighted by Gasteiger charge is 2.41. The van der Waals surface area contributed by atoms with Crippen LogP contribution in [-0.2, 0) is 16.0 Å². The van der Waals surface area contributed by atoms with Gasteiger partial charge in [0.05, 0.1) is 17.9 Å². The number of nitrogens with zero attached hydrogens (tertiary/aromatic N) is 4. The lowest BCUT2D eigenvalue weighted by molar-refractivity contribution is -0.145. The number of fused-ring (bicyclic) bond motifs is 3. The smallest absolute Gasteiger partial charge is 0.226 e. The van der Waals surface area contributed by atoms with Crippen LogP contribution in [-0.4, -0.2) is 39.6 Å². The minimum absolute atomic E-state index is 0.0421. The number of carbonyl (C=O) groups is 2. The molecule has 6 heteroatoms. The fourth-order valence-corrected chi connectivity index (χ4v) is 6.20. The van der Waals surface area contributed by atoms with E-state index in [9.17, 15) is 9.59 Å². The van der Waals surface area contributed by atoms with Gasteiger partial charge in [0.2, 0.25) is 5.91 Å². The third-order valence-corrected chi connectivity index (χ3v) is 8.07. The molecule has 0 spiro atoms. The van der Waals surface area contributed by atoms with Crippen LogP contribution in [0.1, 0.15) is 69.8 Å². The van der Waals surface area contributed by atoms with Crippen molar-refractivity contribution in [3.8, 4) is 0 Å². The minimum Gasteiger partial charge on any atom is -0.339 e. The number of hydrogen-bond donors (Lipinski definition) is 0. The van der Waals surface area contributed by atoms with Gasteiger partial charge in [0, 0.05) is 43.0 Å². The molecule has 0 bridgehead atoms. The van der Waals surface area contributed by atoms with Crippen LogP contribution in [0.15, 0.2) is 42.7 Å². The first-order valence-corrected chi connectivity index (χ1v) is 13.2. The van der Waals surface area contributed by atoms with E-state index >= 15 is 0 Å². The summed E-state index contributed by atoms with van der Waals surface area (Å²) in [6.45, 7) is 11.3. The average Bonchev–Trinajstić information content (AvgIpc) is 3.17. The third-order valence-electron chi connectivity index (χ3n) is 8.07. The van der Waals surface area contributed by atoms with Gasteiger partial charge < -0.3 is 14.2 Å². The van der Waals surface area contributed by atoms with E-state index in [-0.39, 0.29) is 35.0 Å². The van der Waals surface area contributed by atoms with E-state index in [1.807, 2.05) is 18.1 Å². The lowest BCUT2D eigenvalue weighted by Crippen LogP contribution is -2.46. The number of aryl methyl sites for hydroxylation is 2. The highest BCUT2D eigenvalue weighted by atomic mass is 16.2. The van der Waals surface area contributed by atoms with E-state index in [1.54, 1.807) is 6.92 Å². The van der Waals surface area contributed by atoms with E-state index < -0.39 is 0 Å².